The summed E-state index contributed by atoms with van der Waals surface area (Å²) >= 11 is 5.86. The number of ether oxygens (including phenoxy) is 2. The van der Waals surface area contributed by atoms with Gasteiger partial charge in [0.2, 0.25) is 0 Å². The maximum Gasteiger partial charge on any atom is 0.573 e. The minimum absolute atomic E-state index is 0.139. The van der Waals surface area contributed by atoms with Gasteiger partial charge < -0.3 is 20.5 Å². The van der Waals surface area contributed by atoms with E-state index in [2.05, 4.69) is 15.0 Å². The molecule has 0 saturated heterocycles. The van der Waals surface area contributed by atoms with E-state index in [1.54, 1.807) is 0 Å². The fourth-order valence-electron chi connectivity index (χ4n) is 2.76. The quantitative estimate of drug-likeness (QED) is 0.379. The van der Waals surface area contributed by atoms with Gasteiger partial charge in [-0.25, -0.2) is 9.37 Å². The number of pyridine rings is 1. The van der Waals surface area contributed by atoms with Gasteiger partial charge in [-0.05, 0) is 36.4 Å². The zero-order chi connectivity index (χ0) is 26.8. The molecule has 0 fully saturated rings. The Balaban J connectivity index is 1.99. The second-order valence-corrected chi connectivity index (χ2v) is 7.20. The zero-order valence-electron chi connectivity index (χ0n) is 17.3. The third-order valence-corrected chi connectivity index (χ3v) is 4.56. The number of carbonyl (C=O) groups excluding carboxylic acids is 2. The number of halogens is 8. The van der Waals surface area contributed by atoms with Crippen molar-refractivity contribution in [2.24, 2.45) is 5.73 Å². The molecule has 0 spiro atoms. The number of nitrogens with two attached hydrogens (primary N) is 1. The van der Waals surface area contributed by atoms with Crippen molar-refractivity contribution in [2.45, 2.75) is 12.5 Å². The molecule has 2 amide bonds. The maximum atomic E-state index is 14.9. The minimum atomic E-state index is -5.18. The van der Waals surface area contributed by atoms with Crippen molar-refractivity contribution in [3.8, 4) is 17.2 Å². The number of alkyl halides is 6. The average molecular weight is 538 g/mol. The number of nitrogens with zero attached hydrogens (tertiary/aromatic N) is 1. The molecule has 2 aromatic carbocycles. The van der Waals surface area contributed by atoms with E-state index in [4.69, 9.17) is 22.1 Å². The van der Waals surface area contributed by atoms with Crippen molar-refractivity contribution < 1.29 is 49.8 Å². The van der Waals surface area contributed by atoms with Crippen molar-refractivity contribution in [1.29, 1.82) is 0 Å². The van der Waals surface area contributed by atoms with Crippen LogP contribution in [0.15, 0.2) is 48.7 Å². The van der Waals surface area contributed by atoms with E-state index in [9.17, 15) is 40.3 Å². The Morgan fingerprint density at radius 3 is 2.17 bits per heavy atom. The van der Waals surface area contributed by atoms with Crippen molar-refractivity contribution in [3.05, 3.63) is 76.3 Å². The topological polar surface area (TPSA) is 104 Å². The van der Waals surface area contributed by atoms with Crippen LogP contribution in [0.2, 0.25) is 5.02 Å². The smallest absolute Gasteiger partial charge is 0.455 e. The molecule has 190 valence electrons. The summed E-state index contributed by atoms with van der Waals surface area (Å²) in [5.41, 5.74) is 1.73. The van der Waals surface area contributed by atoms with Gasteiger partial charge in [-0.2, -0.15) is 13.2 Å². The number of rotatable bonds is 6. The van der Waals surface area contributed by atoms with E-state index in [0.29, 0.717) is 18.2 Å². The second kappa shape index (κ2) is 9.89. The molecule has 0 unspecified atom stereocenters. The molecule has 15 heteroatoms. The SMILES string of the molecule is NC(=O)c1ccc(NC(=O)c2c(Oc3ccc(OC(F)(F)F)cc3Cl)ccc(C(F)(F)F)c2F)cn1. The van der Waals surface area contributed by atoms with Gasteiger partial charge in [-0.15, -0.1) is 13.2 Å². The highest BCUT2D eigenvalue weighted by molar-refractivity contribution is 6.32. The molecular weight excluding hydrogens is 527 g/mol. The normalized spacial score (nSPS) is 11.7. The number of hydrogen-bond donors (Lipinski definition) is 2. The highest BCUT2D eigenvalue weighted by Gasteiger charge is 2.37. The van der Waals surface area contributed by atoms with Crippen LogP contribution >= 0.6 is 11.6 Å². The summed E-state index contributed by atoms with van der Waals surface area (Å²) in [6.45, 7) is 0. The Labute approximate surface area is 201 Å². The van der Waals surface area contributed by atoms with E-state index >= 15 is 0 Å². The van der Waals surface area contributed by atoms with Crippen LogP contribution in [0, 0.1) is 5.82 Å². The van der Waals surface area contributed by atoms with E-state index in [0.717, 1.165) is 30.5 Å². The van der Waals surface area contributed by atoms with Crippen molar-refractivity contribution in [1.82, 2.24) is 4.98 Å². The molecule has 0 bridgehead atoms. The molecule has 1 heterocycles. The van der Waals surface area contributed by atoms with E-state index < -0.39 is 63.6 Å². The van der Waals surface area contributed by atoms with Crippen LogP contribution in [0.1, 0.15) is 26.4 Å². The minimum Gasteiger partial charge on any atom is -0.455 e. The van der Waals surface area contributed by atoms with Gasteiger partial charge in [0.15, 0.2) is 5.82 Å². The lowest BCUT2D eigenvalue weighted by atomic mass is 10.1. The largest absolute Gasteiger partial charge is 0.573 e. The number of anilines is 1. The summed E-state index contributed by atoms with van der Waals surface area (Å²) in [7, 11) is 0. The van der Waals surface area contributed by atoms with E-state index in [-0.39, 0.29) is 11.4 Å². The Morgan fingerprint density at radius 2 is 1.64 bits per heavy atom. The molecule has 3 N–H and O–H groups in total. The standard InChI is InChI=1S/C21H11ClF7N3O4/c22-12-7-10(36-21(27,28)29)2-5-14(12)35-15-6-3-11(20(24,25)26)17(23)16(15)19(34)32-9-1-4-13(18(30)33)31-8-9/h1-8H,(H2,30,33)(H,32,34). The fourth-order valence-corrected chi connectivity index (χ4v) is 2.97. The molecule has 0 aliphatic rings. The van der Waals surface area contributed by atoms with Crippen LogP contribution in [-0.2, 0) is 6.18 Å². The second-order valence-electron chi connectivity index (χ2n) is 6.79. The Hall–Kier alpha value is -4.07. The molecule has 36 heavy (non-hydrogen) atoms. The van der Waals surface area contributed by atoms with Crippen molar-refractivity contribution in [2.75, 3.05) is 5.32 Å². The van der Waals surface area contributed by atoms with Crippen molar-refractivity contribution in [3.63, 3.8) is 0 Å². The Bertz CT molecular complexity index is 1310. The van der Waals surface area contributed by atoms with E-state index in [1.165, 1.54) is 0 Å². The monoisotopic (exact) mass is 537 g/mol. The Morgan fingerprint density at radius 1 is 0.972 bits per heavy atom. The first-order valence-electron chi connectivity index (χ1n) is 9.36. The summed E-state index contributed by atoms with van der Waals surface area (Å²) in [5.74, 6) is -6.19. The summed E-state index contributed by atoms with van der Waals surface area (Å²) in [4.78, 5) is 27.5. The highest BCUT2D eigenvalue weighted by Crippen LogP contribution is 2.39. The number of carbonyl (C=O) groups is 2. The third kappa shape index (κ3) is 6.33. The van der Waals surface area contributed by atoms with Crippen LogP contribution in [0.3, 0.4) is 0 Å². The van der Waals surface area contributed by atoms with Gasteiger partial charge in [0.1, 0.15) is 28.5 Å². The predicted octanol–water partition coefficient (Wildman–Crippen LogP) is 5.94. The molecule has 3 aromatic rings. The van der Waals surface area contributed by atoms with Crippen LogP contribution < -0.4 is 20.5 Å². The number of primary amides is 1. The summed E-state index contributed by atoms with van der Waals surface area (Å²) in [6, 6.07) is 5.51. The van der Waals surface area contributed by atoms with Crippen LogP contribution in [0.4, 0.5) is 36.4 Å². The third-order valence-electron chi connectivity index (χ3n) is 4.27. The number of amides is 2. The number of nitrogens with one attached hydrogen (secondary N) is 1. The maximum absolute atomic E-state index is 14.9. The molecule has 0 atom stereocenters. The zero-order valence-corrected chi connectivity index (χ0v) is 18.1. The summed E-state index contributed by atoms with van der Waals surface area (Å²) in [5, 5.41) is 1.61. The van der Waals surface area contributed by atoms with Gasteiger partial charge in [-0.3, -0.25) is 9.59 Å². The van der Waals surface area contributed by atoms with Gasteiger partial charge in [-0.1, -0.05) is 11.6 Å². The lowest BCUT2D eigenvalue weighted by molar-refractivity contribution is -0.274. The fraction of sp³-hybridized carbons (Fsp3) is 0.0952. The van der Waals surface area contributed by atoms with Gasteiger partial charge >= 0.3 is 12.5 Å². The molecule has 1 aromatic heterocycles. The molecule has 7 nitrogen and oxygen atoms in total. The van der Waals surface area contributed by atoms with Gasteiger partial charge in [0.05, 0.1) is 22.5 Å². The predicted molar refractivity (Wildman–Crippen MR) is 110 cm³/mol. The molecular formula is C21H11ClF7N3O4. The van der Waals surface area contributed by atoms with Crippen LogP contribution in [-0.4, -0.2) is 23.2 Å². The first kappa shape index (κ1) is 26.5. The van der Waals surface area contributed by atoms with Gasteiger partial charge in [0, 0.05) is 6.07 Å². The summed E-state index contributed by atoms with van der Waals surface area (Å²) < 4.78 is 101. The highest BCUT2D eigenvalue weighted by atomic mass is 35.5. The van der Waals surface area contributed by atoms with Crippen LogP contribution in [0.5, 0.6) is 17.2 Å². The van der Waals surface area contributed by atoms with Gasteiger partial charge in [0.25, 0.3) is 11.8 Å². The molecule has 3 rings (SSSR count). The molecule has 0 saturated carbocycles. The first-order valence-corrected chi connectivity index (χ1v) is 9.73. The lowest BCUT2D eigenvalue weighted by Crippen LogP contribution is -2.19. The van der Waals surface area contributed by atoms with Crippen LogP contribution in [0.25, 0.3) is 0 Å². The molecule has 0 radical (unpaired) electrons. The molecule has 0 aliphatic carbocycles. The first-order chi connectivity index (χ1) is 16.7. The Kier molecular flexibility index (Phi) is 7.29. The average Bonchev–Trinajstić information content (AvgIpc) is 2.74. The molecule has 0 aliphatic heterocycles. The number of hydrogen-bond acceptors (Lipinski definition) is 5. The number of benzene rings is 2. The lowest BCUT2D eigenvalue weighted by Gasteiger charge is -2.17. The number of aromatic nitrogens is 1. The summed E-state index contributed by atoms with van der Waals surface area (Å²) in [6.07, 6.45) is -9.27. The van der Waals surface area contributed by atoms with Crippen molar-refractivity contribution >= 4 is 29.1 Å². The van der Waals surface area contributed by atoms with E-state index in [1.807, 2.05) is 0 Å².